The van der Waals surface area contributed by atoms with Crippen molar-refractivity contribution in [2.75, 3.05) is 32.8 Å². The lowest BCUT2D eigenvalue weighted by Crippen LogP contribution is -2.48. The minimum absolute atomic E-state index is 0.0514. The topological polar surface area (TPSA) is 67.7 Å². The number of aromatic nitrogens is 2. The van der Waals surface area contributed by atoms with Crippen molar-refractivity contribution in [3.05, 3.63) is 53.9 Å². The SMILES string of the molecule is Cc1nccn1CCC(=O)N1C[C@@H]2COC[C@H](C1)N(C(=O)Cc1cccc(F)c1)C2. The number of ether oxygens (including phenoxy) is 1. The molecule has 2 atom stereocenters. The van der Waals surface area contributed by atoms with Gasteiger partial charge in [-0.05, 0) is 24.6 Å². The van der Waals surface area contributed by atoms with E-state index in [1.54, 1.807) is 18.3 Å². The monoisotopic (exact) mass is 414 g/mol. The Morgan fingerprint density at radius 3 is 2.83 bits per heavy atom. The predicted molar refractivity (Wildman–Crippen MR) is 108 cm³/mol. The number of benzene rings is 1. The summed E-state index contributed by atoms with van der Waals surface area (Å²) >= 11 is 0. The fraction of sp³-hybridized carbons (Fsp3) is 0.500. The second-order valence-electron chi connectivity index (χ2n) is 8.13. The fourth-order valence-corrected chi connectivity index (χ4v) is 4.29. The molecular weight excluding hydrogens is 387 g/mol. The number of fused-ring (bicyclic) bond motifs is 3. The molecule has 2 amide bonds. The molecule has 1 aromatic carbocycles. The molecule has 2 bridgehead atoms. The normalized spacial score (nSPS) is 21.4. The smallest absolute Gasteiger partial charge is 0.227 e. The van der Waals surface area contributed by atoms with E-state index in [1.165, 1.54) is 12.1 Å². The van der Waals surface area contributed by atoms with Crippen LogP contribution in [0, 0.1) is 18.7 Å². The zero-order valence-electron chi connectivity index (χ0n) is 17.2. The fourth-order valence-electron chi connectivity index (χ4n) is 4.29. The van der Waals surface area contributed by atoms with Crippen LogP contribution in [0.3, 0.4) is 0 Å². The van der Waals surface area contributed by atoms with Crippen molar-refractivity contribution in [2.45, 2.75) is 32.4 Å². The van der Waals surface area contributed by atoms with Crippen LogP contribution < -0.4 is 0 Å². The molecule has 1 aromatic heterocycles. The molecule has 0 radical (unpaired) electrons. The van der Waals surface area contributed by atoms with Crippen molar-refractivity contribution in [1.82, 2.24) is 19.4 Å². The number of carbonyl (C=O) groups is 2. The highest BCUT2D eigenvalue weighted by molar-refractivity contribution is 5.80. The summed E-state index contributed by atoms with van der Waals surface area (Å²) in [4.78, 5) is 33.8. The van der Waals surface area contributed by atoms with Crippen molar-refractivity contribution < 1.29 is 18.7 Å². The van der Waals surface area contributed by atoms with E-state index in [4.69, 9.17) is 4.74 Å². The first kappa shape index (κ1) is 20.5. The molecule has 160 valence electrons. The molecule has 2 aromatic rings. The molecule has 2 aliphatic heterocycles. The van der Waals surface area contributed by atoms with Crippen LogP contribution in [-0.4, -0.2) is 70.1 Å². The van der Waals surface area contributed by atoms with E-state index in [9.17, 15) is 14.0 Å². The van der Waals surface area contributed by atoms with Crippen LogP contribution >= 0.6 is 0 Å². The number of imidazole rings is 1. The zero-order chi connectivity index (χ0) is 21.1. The number of halogens is 1. The van der Waals surface area contributed by atoms with Gasteiger partial charge < -0.3 is 19.1 Å². The van der Waals surface area contributed by atoms with E-state index in [-0.39, 0.29) is 36.0 Å². The van der Waals surface area contributed by atoms with Gasteiger partial charge in [0.25, 0.3) is 0 Å². The molecule has 7 nitrogen and oxygen atoms in total. The average Bonchev–Trinajstić information content (AvgIpc) is 2.90. The standard InChI is InChI=1S/C22H27FN4O3/c1-16-24-6-8-25(16)7-5-21(28)26-11-18-12-27(20(13-26)15-30-14-18)22(29)10-17-3-2-4-19(23)9-17/h2-4,6,8-9,18,20H,5,7,10-15H2,1H3/t18-,20-/m0/s1. The van der Waals surface area contributed by atoms with Gasteiger partial charge in [-0.3, -0.25) is 9.59 Å². The maximum absolute atomic E-state index is 13.5. The van der Waals surface area contributed by atoms with Crippen LogP contribution in [0.15, 0.2) is 36.7 Å². The van der Waals surface area contributed by atoms with Crippen LogP contribution in [-0.2, 0) is 27.3 Å². The Balaban J connectivity index is 1.42. The molecule has 0 spiro atoms. The van der Waals surface area contributed by atoms with Gasteiger partial charge >= 0.3 is 0 Å². The van der Waals surface area contributed by atoms with Crippen molar-refractivity contribution in [2.24, 2.45) is 5.92 Å². The molecule has 2 saturated heterocycles. The third-order valence-corrected chi connectivity index (χ3v) is 5.88. The molecule has 4 rings (SSSR count). The Kier molecular flexibility index (Phi) is 6.13. The van der Waals surface area contributed by atoms with Gasteiger partial charge in [-0.2, -0.15) is 0 Å². The molecule has 3 heterocycles. The minimum Gasteiger partial charge on any atom is -0.379 e. The third-order valence-electron chi connectivity index (χ3n) is 5.88. The first-order chi connectivity index (χ1) is 14.5. The quantitative estimate of drug-likeness (QED) is 0.746. The van der Waals surface area contributed by atoms with Crippen molar-refractivity contribution in [1.29, 1.82) is 0 Å². The van der Waals surface area contributed by atoms with E-state index in [0.29, 0.717) is 51.4 Å². The van der Waals surface area contributed by atoms with Crippen LogP contribution in [0.2, 0.25) is 0 Å². The van der Waals surface area contributed by atoms with Crippen LogP contribution in [0.25, 0.3) is 0 Å². The molecule has 0 unspecified atom stereocenters. The molecule has 0 saturated carbocycles. The lowest BCUT2D eigenvalue weighted by Gasteiger charge is -2.31. The first-order valence-electron chi connectivity index (χ1n) is 10.4. The number of aryl methyl sites for hydroxylation is 2. The van der Waals surface area contributed by atoms with Gasteiger partial charge in [0.05, 0.1) is 25.7 Å². The highest BCUT2D eigenvalue weighted by Gasteiger charge is 2.37. The lowest BCUT2D eigenvalue weighted by atomic mass is 10.1. The van der Waals surface area contributed by atoms with Gasteiger partial charge in [0.1, 0.15) is 11.6 Å². The largest absolute Gasteiger partial charge is 0.379 e. The van der Waals surface area contributed by atoms with Crippen LogP contribution in [0.4, 0.5) is 4.39 Å². The number of carbonyl (C=O) groups excluding carboxylic acids is 2. The molecule has 2 aliphatic rings. The molecule has 8 heteroatoms. The summed E-state index contributed by atoms with van der Waals surface area (Å²) in [6, 6.07) is 5.96. The minimum atomic E-state index is -0.344. The van der Waals surface area contributed by atoms with E-state index in [1.807, 2.05) is 27.5 Å². The van der Waals surface area contributed by atoms with Crippen LogP contribution in [0.5, 0.6) is 0 Å². The Labute approximate surface area is 175 Å². The summed E-state index contributed by atoms with van der Waals surface area (Å²) < 4.78 is 21.2. The van der Waals surface area contributed by atoms with Crippen molar-refractivity contribution in [3.63, 3.8) is 0 Å². The van der Waals surface area contributed by atoms with Gasteiger partial charge in [0.2, 0.25) is 11.8 Å². The zero-order valence-corrected chi connectivity index (χ0v) is 17.2. The van der Waals surface area contributed by atoms with E-state index < -0.39 is 0 Å². The summed E-state index contributed by atoms with van der Waals surface area (Å²) in [5.74, 6) is 0.651. The van der Waals surface area contributed by atoms with Gasteiger partial charge in [0, 0.05) is 50.9 Å². The van der Waals surface area contributed by atoms with Crippen LogP contribution in [0.1, 0.15) is 17.8 Å². The van der Waals surface area contributed by atoms with E-state index in [2.05, 4.69) is 4.98 Å². The summed E-state index contributed by atoms with van der Waals surface area (Å²) in [5, 5.41) is 0. The number of nitrogens with zero attached hydrogens (tertiary/aromatic N) is 4. The molecule has 0 N–H and O–H groups in total. The Morgan fingerprint density at radius 2 is 2.07 bits per heavy atom. The average molecular weight is 414 g/mol. The first-order valence-corrected chi connectivity index (χ1v) is 10.4. The maximum atomic E-state index is 13.5. The van der Waals surface area contributed by atoms with E-state index in [0.717, 1.165) is 5.82 Å². The van der Waals surface area contributed by atoms with Crippen molar-refractivity contribution >= 4 is 11.8 Å². The predicted octanol–water partition coefficient (Wildman–Crippen LogP) is 1.65. The lowest BCUT2D eigenvalue weighted by molar-refractivity contribution is -0.136. The number of rotatable bonds is 5. The van der Waals surface area contributed by atoms with Gasteiger partial charge in [0.15, 0.2) is 0 Å². The van der Waals surface area contributed by atoms with Gasteiger partial charge in [-0.15, -0.1) is 0 Å². The Hall–Kier alpha value is -2.74. The molecule has 0 aliphatic carbocycles. The highest BCUT2D eigenvalue weighted by atomic mass is 19.1. The molecule has 2 fully saturated rings. The maximum Gasteiger partial charge on any atom is 0.227 e. The molecule has 30 heavy (non-hydrogen) atoms. The van der Waals surface area contributed by atoms with Crippen molar-refractivity contribution in [3.8, 4) is 0 Å². The second kappa shape index (κ2) is 8.95. The second-order valence-corrected chi connectivity index (χ2v) is 8.13. The summed E-state index contributed by atoms with van der Waals surface area (Å²) in [7, 11) is 0. The Bertz CT molecular complexity index is 915. The highest BCUT2D eigenvalue weighted by Crippen LogP contribution is 2.22. The number of hydrogen-bond donors (Lipinski definition) is 0. The summed E-state index contributed by atoms with van der Waals surface area (Å²) in [6.45, 7) is 5.06. The summed E-state index contributed by atoms with van der Waals surface area (Å²) in [6.07, 6.45) is 4.15. The van der Waals surface area contributed by atoms with Gasteiger partial charge in [-0.25, -0.2) is 9.37 Å². The molecular formula is C22H27FN4O3. The number of amides is 2. The van der Waals surface area contributed by atoms with Gasteiger partial charge in [-0.1, -0.05) is 12.1 Å². The van der Waals surface area contributed by atoms with E-state index >= 15 is 0 Å². The number of hydrogen-bond acceptors (Lipinski definition) is 4. The Morgan fingerprint density at radius 1 is 1.20 bits per heavy atom. The summed E-state index contributed by atoms with van der Waals surface area (Å²) in [5.41, 5.74) is 0.656. The third kappa shape index (κ3) is 4.70.